The normalized spacial score (nSPS) is 11.0. The van der Waals surface area contributed by atoms with Crippen LogP contribution in [0.3, 0.4) is 0 Å². The highest BCUT2D eigenvalue weighted by Crippen LogP contribution is 2.25. The lowest BCUT2D eigenvalue weighted by atomic mass is 10.1. The van der Waals surface area contributed by atoms with Crippen molar-refractivity contribution in [1.29, 1.82) is 0 Å². The van der Waals surface area contributed by atoms with Gasteiger partial charge in [-0.3, -0.25) is 9.89 Å². The van der Waals surface area contributed by atoms with Gasteiger partial charge in [0.15, 0.2) is 0 Å². The largest absolute Gasteiger partial charge is 0.508 e. The molecule has 0 spiro atoms. The minimum Gasteiger partial charge on any atom is -0.508 e. The van der Waals surface area contributed by atoms with Crippen LogP contribution >= 0.6 is 11.3 Å². The van der Waals surface area contributed by atoms with Gasteiger partial charge in [-0.2, -0.15) is 4.68 Å². The smallest absolute Gasteiger partial charge is 0.273 e. The number of phenols is 1. The molecule has 2 N–H and O–H groups in total. The second kappa shape index (κ2) is 6.61. The van der Waals surface area contributed by atoms with E-state index in [9.17, 15) is 14.3 Å². The van der Waals surface area contributed by atoms with Crippen LogP contribution in [0.15, 0.2) is 64.8 Å². The maximum Gasteiger partial charge on any atom is 0.273 e. The first-order chi connectivity index (χ1) is 12.6. The fourth-order valence-electron chi connectivity index (χ4n) is 2.68. The van der Waals surface area contributed by atoms with E-state index in [1.165, 1.54) is 34.2 Å². The molecule has 2 aromatic heterocycles. The number of benzene rings is 2. The zero-order valence-corrected chi connectivity index (χ0v) is 14.3. The minimum absolute atomic E-state index is 0.187. The van der Waals surface area contributed by atoms with Gasteiger partial charge in [0.05, 0.1) is 5.69 Å². The third-order valence-corrected chi connectivity index (χ3v) is 4.73. The number of nitrogens with one attached hydrogen (secondary N) is 1. The average Bonchev–Trinajstić information content (AvgIpc) is 3.22. The number of aromatic amines is 1. The lowest BCUT2D eigenvalue weighted by molar-refractivity contribution is 0.475. The Kier molecular flexibility index (Phi) is 4.14. The zero-order valence-electron chi connectivity index (χ0n) is 13.5. The van der Waals surface area contributed by atoms with Crippen molar-refractivity contribution in [3.8, 4) is 22.1 Å². The van der Waals surface area contributed by atoms with Gasteiger partial charge in [-0.15, -0.1) is 11.3 Å². The summed E-state index contributed by atoms with van der Waals surface area (Å²) in [7, 11) is 0. The third-order valence-electron chi connectivity index (χ3n) is 3.90. The quantitative estimate of drug-likeness (QED) is 0.577. The van der Waals surface area contributed by atoms with Crippen LogP contribution in [0.1, 0.15) is 11.3 Å². The van der Waals surface area contributed by atoms with Crippen molar-refractivity contribution in [1.82, 2.24) is 14.8 Å². The Bertz CT molecular complexity index is 1110. The molecule has 4 aromatic rings. The Labute approximate surface area is 152 Å². The van der Waals surface area contributed by atoms with Crippen LogP contribution in [0.2, 0.25) is 0 Å². The summed E-state index contributed by atoms with van der Waals surface area (Å²) in [4.78, 5) is 16.8. The molecule has 26 heavy (non-hydrogen) atoms. The van der Waals surface area contributed by atoms with E-state index in [0.29, 0.717) is 17.2 Å². The number of aromatic nitrogens is 3. The number of thiazole rings is 1. The summed E-state index contributed by atoms with van der Waals surface area (Å²) < 4.78 is 14.7. The van der Waals surface area contributed by atoms with Gasteiger partial charge < -0.3 is 5.11 Å². The van der Waals surface area contributed by atoms with Crippen LogP contribution in [0.4, 0.5) is 4.39 Å². The molecule has 2 heterocycles. The van der Waals surface area contributed by atoms with Gasteiger partial charge in [0.25, 0.3) is 5.56 Å². The minimum atomic E-state index is -0.303. The van der Waals surface area contributed by atoms with Crippen molar-refractivity contribution in [2.75, 3.05) is 0 Å². The van der Waals surface area contributed by atoms with Crippen molar-refractivity contribution in [3.63, 3.8) is 0 Å². The molecule has 0 atom stereocenters. The zero-order chi connectivity index (χ0) is 18.1. The second-order valence-electron chi connectivity index (χ2n) is 5.82. The highest BCUT2D eigenvalue weighted by Gasteiger charge is 2.11. The summed E-state index contributed by atoms with van der Waals surface area (Å²) in [6, 6.07) is 14.5. The van der Waals surface area contributed by atoms with Gasteiger partial charge in [0, 0.05) is 29.1 Å². The van der Waals surface area contributed by atoms with Crippen LogP contribution < -0.4 is 5.56 Å². The summed E-state index contributed by atoms with van der Waals surface area (Å²) >= 11 is 1.34. The number of rotatable bonds is 4. The molecule has 4 rings (SSSR count). The van der Waals surface area contributed by atoms with E-state index in [4.69, 9.17) is 0 Å². The number of aromatic hydroxyl groups is 1. The monoisotopic (exact) mass is 367 g/mol. The number of phenolic OH excluding ortho intramolecular Hbond substituents is 1. The molecule has 5 nitrogen and oxygen atoms in total. The summed E-state index contributed by atoms with van der Waals surface area (Å²) in [5, 5.41) is 14.8. The van der Waals surface area contributed by atoms with Crippen LogP contribution in [0.5, 0.6) is 5.75 Å². The molecule has 130 valence electrons. The van der Waals surface area contributed by atoms with E-state index in [2.05, 4.69) is 10.1 Å². The SMILES string of the molecule is O=c1cc(Cc2cccc(F)c2)[nH]n1-c1nc(-c2ccc(O)cc2)cs1. The predicted molar refractivity (Wildman–Crippen MR) is 98.4 cm³/mol. The molecule has 0 aliphatic heterocycles. The van der Waals surface area contributed by atoms with Crippen LogP contribution in [-0.2, 0) is 6.42 Å². The van der Waals surface area contributed by atoms with Crippen LogP contribution in [0.25, 0.3) is 16.4 Å². The van der Waals surface area contributed by atoms with E-state index in [1.54, 1.807) is 30.3 Å². The molecule has 0 saturated heterocycles. The van der Waals surface area contributed by atoms with Gasteiger partial charge >= 0.3 is 0 Å². The standard InChI is InChI=1S/C19H14FN3O2S/c20-14-3-1-2-12(8-14)9-15-10-18(25)23(22-15)19-21-17(11-26-19)13-4-6-16(24)7-5-13/h1-8,10-11,22,24H,9H2. The Hall–Kier alpha value is -3.19. The highest BCUT2D eigenvalue weighted by atomic mass is 32.1. The van der Waals surface area contributed by atoms with Crippen molar-refractivity contribution < 1.29 is 9.50 Å². The number of hydrogen-bond acceptors (Lipinski definition) is 4. The maximum atomic E-state index is 13.3. The number of halogens is 1. The van der Waals surface area contributed by atoms with E-state index in [1.807, 2.05) is 11.4 Å². The fraction of sp³-hybridized carbons (Fsp3) is 0.0526. The van der Waals surface area contributed by atoms with Gasteiger partial charge in [0.1, 0.15) is 11.6 Å². The van der Waals surface area contributed by atoms with Crippen molar-refractivity contribution in [2.24, 2.45) is 0 Å². The lowest BCUT2D eigenvalue weighted by Crippen LogP contribution is -2.13. The van der Waals surface area contributed by atoms with Crippen molar-refractivity contribution in [3.05, 3.63) is 87.4 Å². The average molecular weight is 367 g/mol. The molecule has 0 radical (unpaired) electrons. The molecule has 0 aliphatic carbocycles. The molecule has 0 unspecified atom stereocenters. The molecule has 0 aliphatic rings. The fourth-order valence-corrected chi connectivity index (χ4v) is 3.47. The number of nitrogens with zero attached hydrogens (tertiary/aromatic N) is 2. The first kappa shape index (κ1) is 16.3. The Morgan fingerprint density at radius 3 is 2.73 bits per heavy atom. The predicted octanol–water partition coefficient (Wildman–Crippen LogP) is 3.72. The molecule has 0 saturated carbocycles. The molecule has 0 amide bonds. The lowest BCUT2D eigenvalue weighted by Gasteiger charge is -2.00. The van der Waals surface area contributed by atoms with E-state index in [0.717, 1.165) is 16.8 Å². The van der Waals surface area contributed by atoms with Crippen LogP contribution in [-0.4, -0.2) is 19.9 Å². The summed E-state index contributed by atoms with van der Waals surface area (Å²) in [5.41, 5.74) is 2.82. The van der Waals surface area contributed by atoms with Crippen LogP contribution in [0, 0.1) is 5.82 Å². The molecule has 2 aromatic carbocycles. The Morgan fingerprint density at radius 2 is 1.96 bits per heavy atom. The molecular formula is C19H14FN3O2S. The van der Waals surface area contributed by atoms with Crippen molar-refractivity contribution in [2.45, 2.75) is 6.42 Å². The first-order valence-corrected chi connectivity index (χ1v) is 8.77. The first-order valence-electron chi connectivity index (χ1n) is 7.89. The summed E-state index contributed by atoms with van der Waals surface area (Å²) in [6.07, 6.45) is 0.427. The molecule has 0 fully saturated rings. The molecular weight excluding hydrogens is 353 g/mol. The highest BCUT2D eigenvalue weighted by molar-refractivity contribution is 7.12. The second-order valence-corrected chi connectivity index (χ2v) is 6.66. The summed E-state index contributed by atoms with van der Waals surface area (Å²) in [5.74, 6) is -0.116. The number of H-pyrrole nitrogens is 1. The Balaban J connectivity index is 1.62. The van der Waals surface area contributed by atoms with Crippen molar-refractivity contribution >= 4 is 11.3 Å². The van der Waals surface area contributed by atoms with E-state index >= 15 is 0 Å². The molecule has 0 bridgehead atoms. The topological polar surface area (TPSA) is 70.9 Å². The Morgan fingerprint density at radius 1 is 1.15 bits per heavy atom. The molecule has 7 heteroatoms. The third kappa shape index (κ3) is 3.29. The summed E-state index contributed by atoms with van der Waals surface area (Å²) in [6.45, 7) is 0. The van der Waals surface area contributed by atoms with Gasteiger partial charge in [-0.05, 0) is 42.0 Å². The van der Waals surface area contributed by atoms with Gasteiger partial charge in [-0.25, -0.2) is 9.37 Å². The maximum absolute atomic E-state index is 13.3. The van der Waals surface area contributed by atoms with Gasteiger partial charge in [-0.1, -0.05) is 12.1 Å². The van der Waals surface area contributed by atoms with E-state index in [-0.39, 0.29) is 17.1 Å². The van der Waals surface area contributed by atoms with Gasteiger partial charge in [0.2, 0.25) is 5.13 Å². The number of hydrogen-bond donors (Lipinski definition) is 2. The van der Waals surface area contributed by atoms with E-state index < -0.39 is 0 Å².